The lowest BCUT2D eigenvalue weighted by Gasteiger charge is -2.10. The molecule has 1 heterocycles. The van der Waals surface area contributed by atoms with E-state index in [1.807, 2.05) is 50.2 Å². The van der Waals surface area contributed by atoms with Gasteiger partial charge in [-0.3, -0.25) is 9.59 Å². The van der Waals surface area contributed by atoms with Crippen LogP contribution in [-0.2, 0) is 6.54 Å². The van der Waals surface area contributed by atoms with E-state index in [1.54, 1.807) is 29.0 Å². The first-order valence-corrected chi connectivity index (χ1v) is 9.06. The third kappa shape index (κ3) is 4.11. The summed E-state index contributed by atoms with van der Waals surface area (Å²) in [5.41, 5.74) is 3.66. The number of amides is 1. The molecule has 0 fully saturated rings. The van der Waals surface area contributed by atoms with Gasteiger partial charge in [0, 0.05) is 16.4 Å². The molecule has 0 aliphatic carbocycles. The minimum absolute atomic E-state index is 0.125. The van der Waals surface area contributed by atoms with E-state index in [0.717, 1.165) is 15.6 Å². The van der Waals surface area contributed by atoms with Gasteiger partial charge in [0.1, 0.15) is 5.56 Å². The van der Waals surface area contributed by atoms with Gasteiger partial charge in [0.15, 0.2) is 0 Å². The number of hydrogen-bond donors (Lipinski definition) is 1. The molecule has 1 amide bonds. The fourth-order valence-corrected chi connectivity index (χ4v) is 2.89. The highest BCUT2D eigenvalue weighted by atomic mass is 79.9. The molecule has 0 radical (unpaired) electrons. The summed E-state index contributed by atoms with van der Waals surface area (Å²) in [5.74, 6) is -0.407. The Kier molecular flexibility index (Phi) is 5.38. The molecule has 1 aromatic heterocycles. The zero-order chi connectivity index (χ0) is 18.7. The molecular weight excluding hydrogens is 392 g/mol. The first-order chi connectivity index (χ1) is 12.4. The molecule has 2 aromatic carbocycles. The second-order valence-electron chi connectivity index (χ2n) is 6.26. The average molecular weight is 411 g/mol. The van der Waals surface area contributed by atoms with E-state index in [9.17, 15) is 9.59 Å². The standard InChI is InChI=1S/C21H19BrN2O2/c1-14-5-7-16(8-6-14)13-24-11-3-4-18(21(24)26)20(25)23-17-9-10-19(22)15(2)12-17/h3-12H,13H2,1-2H3,(H,23,25). The van der Waals surface area contributed by atoms with Crippen molar-refractivity contribution in [3.05, 3.63) is 97.9 Å². The van der Waals surface area contributed by atoms with Crippen molar-refractivity contribution in [2.24, 2.45) is 0 Å². The quantitative estimate of drug-likeness (QED) is 0.686. The van der Waals surface area contributed by atoms with Gasteiger partial charge in [0.25, 0.3) is 11.5 Å². The number of halogens is 1. The Balaban J connectivity index is 1.83. The predicted octanol–water partition coefficient (Wildman–Crippen LogP) is 4.53. The monoisotopic (exact) mass is 410 g/mol. The number of carbonyl (C=O) groups is 1. The van der Waals surface area contributed by atoms with E-state index in [0.29, 0.717) is 12.2 Å². The zero-order valence-electron chi connectivity index (χ0n) is 14.6. The van der Waals surface area contributed by atoms with E-state index in [1.165, 1.54) is 5.56 Å². The van der Waals surface area contributed by atoms with Crippen molar-refractivity contribution in [2.75, 3.05) is 5.32 Å². The summed E-state index contributed by atoms with van der Waals surface area (Å²) in [6, 6.07) is 16.8. The van der Waals surface area contributed by atoms with E-state index in [-0.39, 0.29) is 11.1 Å². The number of nitrogens with one attached hydrogen (secondary N) is 1. The molecule has 5 heteroatoms. The second kappa shape index (κ2) is 7.70. The fraction of sp³-hybridized carbons (Fsp3) is 0.143. The number of aromatic nitrogens is 1. The van der Waals surface area contributed by atoms with E-state index < -0.39 is 5.91 Å². The highest BCUT2D eigenvalue weighted by Crippen LogP contribution is 2.20. The minimum atomic E-state index is -0.407. The van der Waals surface area contributed by atoms with Crippen LogP contribution in [0.4, 0.5) is 5.69 Å². The van der Waals surface area contributed by atoms with Gasteiger partial charge >= 0.3 is 0 Å². The lowest BCUT2D eigenvalue weighted by Crippen LogP contribution is -2.29. The summed E-state index contributed by atoms with van der Waals surface area (Å²) in [5, 5.41) is 2.79. The average Bonchev–Trinajstić information content (AvgIpc) is 2.62. The summed E-state index contributed by atoms with van der Waals surface area (Å²) in [4.78, 5) is 25.2. The second-order valence-corrected chi connectivity index (χ2v) is 7.11. The third-order valence-corrected chi connectivity index (χ3v) is 5.04. The SMILES string of the molecule is Cc1ccc(Cn2cccc(C(=O)Nc3ccc(Br)c(C)c3)c2=O)cc1. The van der Waals surface area contributed by atoms with Crippen LogP contribution in [-0.4, -0.2) is 10.5 Å². The van der Waals surface area contributed by atoms with Gasteiger partial charge in [-0.15, -0.1) is 0 Å². The minimum Gasteiger partial charge on any atom is -0.322 e. The molecule has 0 aliphatic heterocycles. The first-order valence-electron chi connectivity index (χ1n) is 8.26. The van der Waals surface area contributed by atoms with Gasteiger partial charge in [-0.05, 0) is 55.3 Å². The number of benzene rings is 2. The molecule has 0 bridgehead atoms. The molecule has 0 saturated heterocycles. The molecule has 26 heavy (non-hydrogen) atoms. The summed E-state index contributed by atoms with van der Waals surface area (Å²) in [6.45, 7) is 4.39. The molecule has 4 nitrogen and oxygen atoms in total. The van der Waals surface area contributed by atoms with Gasteiger partial charge in [-0.25, -0.2) is 0 Å². The number of anilines is 1. The Hall–Kier alpha value is -2.66. The highest BCUT2D eigenvalue weighted by Gasteiger charge is 2.13. The molecule has 1 N–H and O–H groups in total. The largest absolute Gasteiger partial charge is 0.322 e. The van der Waals surface area contributed by atoms with Crippen LogP contribution in [0.2, 0.25) is 0 Å². The van der Waals surface area contributed by atoms with Crippen LogP contribution in [0.5, 0.6) is 0 Å². The van der Waals surface area contributed by atoms with E-state index in [4.69, 9.17) is 0 Å². The zero-order valence-corrected chi connectivity index (χ0v) is 16.2. The maximum Gasteiger partial charge on any atom is 0.263 e. The third-order valence-electron chi connectivity index (χ3n) is 4.15. The Labute approximate surface area is 160 Å². The summed E-state index contributed by atoms with van der Waals surface area (Å²) in [6.07, 6.45) is 1.70. The number of nitrogens with zero attached hydrogens (tertiary/aromatic N) is 1. The molecule has 0 unspecified atom stereocenters. The van der Waals surface area contributed by atoms with Crippen molar-refractivity contribution >= 4 is 27.5 Å². The van der Waals surface area contributed by atoms with Gasteiger partial charge < -0.3 is 9.88 Å². The van der Waals surface area contributed by atoms with Crippen molar-refractivity contribution < 1.29 is 4.79 Å². The van der Waals surface area contributed by atoms with Gasteiger partial charge in [0.2, 0.25) is 0 Å². The smallest absolute Gasteiger partial charge is 0.263 e. The van der Waals surface area contributed by atoms with E-state index in [2.05, 4.69) is 21.2 Å². The van der Waals surface area contributed by atoms with Crippen molar-refractivity contribution in [3.63, 3.8) is 0 Å². The Morgan fingerprint density at radius 2 is 1.81 bits per heavy atom. The fourth-order valence-electron chi connectivity index (χ4n) is 2.65. The van der Waals surface area contributed by atoms with Crippen LogP contribution in [0.3, 0.4) is 0 Å². The van der Waals surface area contributed by atoms with Gasteiger partial charge in [-0.2, -0.15) is 0 Å². The number of pyridine rings is 1. The summed E-state index contributed by atoms with van der Waals surface area (Å²) < 4.78 is 2.52. The van der Waals surface area contributed by atoms with Crippen molar-refractivity contribution in [1.82, 2.24) is 4.57 Å². The molecule has 0 saturated carbocycles. The molecule has 0 spiro atoms. The van der Waals surface area contributed by atoms with Crippen LogP contribution >= 0.6 is 15.9 Å². The molecule has 3 rings (SSSR count). The Morgan fingerprint density at radius 1 is 1.08 bits per heavy atom. The number of hydrogen-bond acceptors (Lipinski definition) is 2. The Morgan fingerprint density at radius 3 is 2.50 bits per heavy atom. The van der Waals surface area contributed by atoms with Crippen LogP contribution < -0.4 is 10.9 Å². The van der Waals surface area contributed by atoms with Crippen LogP contribution in [0.1, 0.15) is 27.0 Å². The lowest BCUT2D eigenvalue weighted by atomic mass is 10.1. The van der Waals surface area contributed by atoms with Crippen LogP contribution in [0, 0.1) is 13.8 Å². The normalized spacial score (nSPS) is 10.6. The maximum atomic E-state index is 12.7. The first kappa shape index (κ1) is 18.1. The number of carbonyl (C=O) groups excluding carboxylic acids is 1. The number of rotatable bonds is 4. The van der Waals surface area contributed by atoms with Crippen LogP contribution in [0.25, 0.3) is 0 Å². The Bertz CT molecular complexity index is 1010. The highest BCUT2D eigenvalue weighted by molar-refractivity contribution is 9.10. The molecule has 0 atom stereocenters. The van der Waals surface area contributed by atoms with Crippen molar-refractivity contribution in [1.29, 1.82) is 0 Å². The van der Waals surface area contributed by atoms with Crippen LogP contribution in [0.15, 0.2) is 70.1 Å². The topological polar surface area (TPSA) is 51.1 Å². The van der Waals surface area contributed by atoms with Gasteiger partial charge in [-0.1, -0.05) is 45.8 Å². The van der Waals surface area contributed by atoms with Crippen molar-refractivity contribution in [2.45, 2.75) is 20.4 Å². The molecular formula is C21H19BrN2O2. The molecule has 3 aromatic rings. The summed E-state index contributed by atoms with van der Waals surface area (Å²) >= 11 is 3.43. The number of aryl methyl sites for hydroxylation is 2. The van der Waals surface area contributed by atoms with E-state index >= 15 is 0 Å². The summed E-state index contributed by atoms with van der Waals surface area (Å²) in [7, 11) is 0. The molecule has 0 aliphatic rings. The maximum absolute atomic E-state index is 12.7. The van der Waals surface area contributed by atoms with Crippen molar-refractivity contribution in [3.8, 4) is 0 Å². The molecule has 132 valence electrons. The predicted molar refractivity (Wildman–Crippen MR) is 108 cm³/mol. The van der Waals surface area contributed by atoms with Gasteiger partial charge in [0.05, 0.1) is 6.54 Å². The lowest BCUT2D eigenvalue weighted by molar-refractivity contribution is 0.102.